The van der Waals surface area contributed by atoms with E-state index in [1.165, 1.54) is 0 Å². The summed E-state index contributed by atoms with van der Waals surface area (Å²) < 4.78 is 0. The summed E-state index contributed by atoms with van der Waals surface area (Å²) in [5, 5.41) is 14.8. The van der Waals surface area contributed by atoms with Crippen LogP contribution >= 0.6 is 0 Å². The van der Waals surface area contributed by atoms with Crippen molar-refractivity contribution in [1.29, 1.82) is 0 Å². The fourth-order valence-corrected chi connectivity index (χ4v) is 5.12. The van der Waals surface area contributed by atoms with Gasteiger partial charge in [0.15, 0.2) is 11.4 Å². The Bertz CT molecular complexity index is 556. The summed E-state index contributed by atoms with van der Waals surface area (Å²) in [4.78, 5) is 13.0. The quantitative estimate of drug-likeness (QED) is 0.849. The highest BCUT2D eigenvalue weighted by molar-refractivity contribution is 5.88. The molecule has 3 aliphatic rings. The first-order valence-electron chi connectivity index (χ1n) is 9.23. The molecule has 1 saturated heterocycles. The van der Waals surface area contributed by atoms with Crippen molar-refractivity contribution >= 4 is 5.78 Å². The van der Waals surface area contributed by atoms with Gasteiger partial charge in [-0.2, -0.15) is 0 Å². The smallest absolute Gasteiger partial charge is 0.169 e. The number of nitrogens with one attached hydrogen (secondary N) is 1. The van der Waals surface area contributed by atoms with Crippen LogP contribution in [0.4, 0.5) is 0 Å². The zero-order valence-electron chi connectivity index (χ0n) is 13.7. The van der Waals surface area contributed by atoms with Crippen LogP contribution in [0.5, 0.6) is 0 Å². The lowest BCUT2D eigenvalue weighted by molar-refractivity contribution is -0.145. The highest BCUT2D eigenvalue weighted by Gasteiger charge is 2.53. The predicted molar refractivity (Wildman–Crippen MR) is 89.9 cm³/mol. The highest BCUT2D eigenvalue weighted by Crippen LogP contribution is 2.52. The molecular weight excluding hydrogens is 286 g/mol. The van der Waals surface area contributed by atoms with E-state index in [1.807, 2.05) is 30.3 Å². The lowest BCUT2D eigenvalue weighted by Crippen LogP contribution is -2.42. The monoisotopic (exact) mass is 313 g/mol. The van der Waals surface area contributed by atoms with Gasteiger partial charge in [-0.15, -0.1) is 0 Å². The summed E-state index contributed by atoms with van der Waals surface area (Å²) in [5.74, 6) is 2.44. The molecule has 2 saturated carbocycles. The SMILES string of the molecule is O=C(CC[C@@H]1[C@H]2CNC[C@@H]12)C(O)(c1ccccc1)C1CCCC1. The van der Waals surface area contributed by atoms with Crippen LogP contribution in [0.3, 0.4) is 0 Å². The normalized spacial score (nSPS) is 32.5. The van der Waals surface area contributed by atoms with Crippen LogP contribution in [0, 0.1) is 23.7 Å². The third kappa shape index (κ3) is 2.64. The third-order valence-corrected chi connectivity index (χ3v) is 6.56. The molecule has 1 unspecified atom stereocenters. The van der Waals surface area contributed by atoms with Gasteiger partial charge in [-0.1, -0.05) is 43.2 Å². The molecule has 124 valence electrons. The number of rotatable bonds is 6. The largest absolute Gasteiger partial charge is 0.377 e. The molecule has 1 aromatic rings. The number of aliphatic hydroxyl groups is 1. The van der Waals surface area contributed by atoms with Crippen LogP contribution in [0.25, 0.3) is 0 Å². The second-order valence-corrected chi connectivity index (χ2v) is 7.73. The van der Waals surface area contributed by atoms with E-state index in [1.54, 1.807) is 0 Å². The minimum absolute atomic E-state index is 0.0496. The molecular formula is C20H27NO2. The zero-order chi connectivity index (χ0) is 15.9. The first kappa shape index (κ1) is 15.3. The van der Waals surface area contributed by atoms with Gasteiger partial charge >= 0.3 is 0 Å². The van der Waals surface area contributed by atoms with E-state index in [0.717, 1.165) is 62.6 Å². The molecule has 3 fully saturated rings. The van der Waals surface area contributed by atoms with E-state index in [9.17, 15) is 9.90 Å². The molecule has 2 N–H and O–H groups in total. The Labute approximate surface area is 138 Å². The molecule has 3 nitrogen and oxygen atoms in total. The van der Waals surface area contributed by atoms with Crippen molar-refractivity contribution in [2.45, 2.75) is 44.1 Å². The average molecular weight is 313 g/mol. The molecule has 0 spiro atoms. The molecule has 0 radical (unpaired) electrons. The predicted octanol–water partition coefficient (Wildman–Crippen LogP) is 2.88. The lowest BCUT2D eigenvalue weighted by Gasteiger charge is -2.33. The van der Waals surface area contributed by atoms with Gasteiger partial charge < -0.3 is 10.4 Å². The van der Waals surface area contributed by atoms with Gasteiger partial charge in [0.05, 0.1) is 0 Å². The van der Waals surface area contributed by atoms with Crippen molar-refractivity contribution in [2.75, 3.05) is 13.1 Å². The first-order chi connectivity index (χ1) is 11.2. The number of hydrogen-bond acceptors (Lipinski definition) is 3. The molecule has 0 bridgehead atoms. The van der Waals surface area contributed by atoms with Crippen molar-refractivity contribution in [1.82, 2.24) is 5.32 Å². The number of carbonyl (C=O) groups excluding carboxylic acids is 1. The van der Waals surface area contributed by atoms with E-state index in [-0.39, 0.29) is 11.7 Å². The summed E-state index contributed by atoms with van der Waals surface area (Å²) in [6.45, 7) is 2.24. The fraction of sp³-hybridized carbons (Fsp3) is 0.650. The van der Waals surface area contributed by atoms with Crippen LogP contribution in [0.15, 0.2) is 30.3 Å². The molecule has 2 aliphatic carbocycles. The van der Waals surface area contributed by atoms with Crippen LogP contribution in [0.1, 0.15) is 44.1 Å². The number of piperidine rings is 1. The van der Waals surface area contributed by atoms with Crippen molar-refractivity contribution in [3.63, 3.8) is 0 Å². The lowest BCUT2D eigenvalue weighted by atomic mass is 9.75. The van der Waals surface area contributed by atoms with Crippen LogP contribution in [0.2, 0.25) is 0 Å². The number of benzene rings is 1. The van der Waals surface area contributed by atoms with Gasteiger partial charge in [0.1, 0.15) is 0 Å². The van der Waals surface area contributed by atoms with Crippen molar-refractivity contribution in [2.24, 2.45) is 23.7 Å². The molecule has 4 atom stereocenters. The van der Waals surface area contributed by atoms with E-state index in [4.69, 9.17) is 0 Å². The molecule has 23 heavy (non-hydrogen) atoms. The highest BCUT2D eigenvalue weighted by atomic mass is 16.3. The number of Topliss-reactive ketones (excluding diaryl/α,β-unsaturated/α-hetero) is 1. The molecule has 4 rings (SSSR count). The summed E-state index contributed by atoms with van der Waals surface area (Å²) in [6.07, 6.45) is 5.68. The second-order valence-electron chi connectivity index (χ2n) is 7.73. The van der Waals surface area contributed by atoms with E-state index in [0.29, 0.717) is 12.3 Å². The molecule has 1 aliphatic heterocycles. The molecule has 0 amide bonds. The van der Waals surface area contributed by atoms with Gasteiger partial charge in [-0.3, -0.25) is 4.79 Å². The average Bonchev–Trinajstić information content (AvgIpc) is 3.02. The number of hydrogen-bond donors (Lipinski definition) is 2. The van der Waals surface area contributed by atoms with Gasteiger partial charge in [0.2, 0.25) is 0 Å². The van der Waals surface area contributed by atoms with Gasteiger partial charge in [-0.05, 0) is 61.6 Å². The molecule has 1 aromatic carbocycles. The standard InChI is InChI=1S/C20H27NO2/c22-19(11-10-16-17-12-21-13-18(16)17)20(23,15-8-4-5-9-15)14-6-2-1-3-7-14/h1-3,6-7,15-18,21,23H,4-5,8-13H2/t16-,17-,18+,20?. The Hall–Kier alpha value is -1.19. The number of carbonyl (C=O) groups is 1. The van der Waals surface area contributed by atoms with Gasteiger partial charge in [0, 0.05) is 6.42 Å². The van der Waals surface area contributed by atoms with Crippen molar-refractivity contribution < 1.29 is 9.90 Å². The molecule has 0 aromatic heterocycles. The Kier molecular flexibility index (Phi) is 4.02. The first-order valence-corrected chi connectivity index (χ1v) is 9.23. The Morgan fingerprint density at radius 2 is 1.78 bits per heavy atom. The number of fused-ring (bicyclic) bond motifs is 1. The third-order valence-electron chi connectivity index (χ3n) is 6.56. The Balaban J connectivity index is 1.49. The van der Waals surface area contributed by atoms with Crippen LogP contribution in [-0.2, 0) is 10.4 Å². The van der Waals surface area contributed by atoms with Crippen molar-refractivity contribution in [3.05, 3.63) is 35.9 Å². The van der Waals surface area contributed by atoms with Crippen LogP contribution in [-0.4, -0.2) is 24.0 Å². The molecule has 3 heteroatoms. The maximum Gasteiger partial charge on any atom is 0.169 e. The summed E-state index contributed by atoms with van der Waals surface area (Å²) in [7, 11) is 0. The second kappa shape index (κ2) is 6.03. The molecule has 1 heterocycles. The maximum absolute atomic E-state index is 13.0. The van der Waals surface area contributed by atoms with E-state index in [2.05, 4.69) is 5.32 Å². The topological polar surface area (TPSA) is 49.3 Å². The maximum atomic E-state index is 13.0. The van der Waals surface area contributed by atoms with Crippen LogP contribution < -0.4 is 5.32 Å². The fourth-order valence-electron chi connectivity index (χ4n) is 5.12. The summed E-state index contributed by atoms with van der Waals surface area (Å²) >= 11 is 0. The van der Waals surface area contributed by atoms with Gasteiger partial charge in [0.25, 0.3) is 0 Å². The summed E-state index contributed by atoms with van der Waals surface area (Å²) in [6, 6.07) is 9.65. The summed E-state index contributed by atoms with van der Waals surface area (Å²) in [5.41, 5.74) is -0.463. The van der Waals surface area contributed by atoms with E-state index < -0.39 is 5.60 Å². The minimum atomic E-state index is -1.26. The zero-order valence-corrected chi connectivity index (χ0v) is 13.7. The van der Waals surface area contributed by atoms with Gasteiger partial charge in [-0.25, -0.2) is 0 Å². The Morgan fingerprint density at radius 3 is 2.43 bits per heavy atom. The van der Waals surface area contributed by atoms with Crippen molar-refractivity contribution in [3.8, 4) is 0 Å². The van der Waals surface area contributed by atoms with E-state index >= 15 is 0 Å². The minimum Gasteiger partial charge on any atom is -0.377 e. The Morgan fingerprint density at radius 1 is 1.13 bits per heavy atom. The number of ketones is 1.